The van der Waals surface area contributed by atoms with Crippen LogP contribution in [-0.4, -0.2) is 36.8 Å². The third-order valence-electron chi connectivity index (χ3n) is 4.57. The molecule has 2 aromatic carbocycles. The van der Waals surface area contributed by atoms with E-state index in [0.29, 0.717) is 33.6 Å². The minimum atomic E-state index is -3.13. The molecule has 8 heteroatoms. The van der Waals surface area contributed by atoms with Crippen molar-refractivity contribution in [2.45, 2.75) is 19.0 Å². The lowest BCUT2D eigenvalue weighted by Crippen LogP contribution is -2.39. The quantitative estimate of drug-likeness (QED) is 0.600. The third-order valence-corrected chi connectivity index (χ3v) is 7.13. The summed E-state index contributed by atoms with van der Waals surface area (Å²) in [7, 11) is -3.13. The number of hydrogen-bond donors (Lipinski definition) is 0. The van der Waals surface area contributed by atoms with Crippen LogP contribution in [0.1, 0.15) is 17.5 Å². The molecule has 148 valence electrons. The molecule has 28 heavy (non-hydrogen) atoms. The summed E-state index contributed by atoms with van der Waals surface area (Å²) >= 11 is 18.0. The van der Waals surface area contributed by atoms with E-state index in [-0.39, 0.29) is 23.5 Å². The SMILES string of the molecule is O=C(C=Cc1ccc(Cl)cc1Cl)N(Cc1ccc(Cl)cc1)C1CCS(=O)(=O)C1. The first-order chi connectivity index (χ1) is 13.2. The van der Waals surface area contributed by atoms with E-state index >= 15 is 0 Å². The predicted molar refractivity (Wildman–Crippen MR) is 115 cm³/mol. The van der Waals surface area contributed by atoms with Crippen molar-refractivity contribution in [1.29, 1.82) is 0 Å². The largest absolute Gasteiger partial charge is 0.331 e. The molecule has 1 unspecified atom stereocenters. The van der Waals surface area contributed by atoms with Crippen LogP contribution >= 0.6 is 34.8 Å². The zero-order valence-electron chi connectivity index (χ0n) is 14.8. The Morgan fingerprint density at radius 3 is 2.36 bits per heavy atom. The molecule has 0 aromatic heterocycles. The minimum Gasteiger partial charge on any atom is -0.331 e. The van der Waals surface area contributed by atoms with Gasteiger partial charge < -0.3 is 4.90 Å². The Bertz CT molecular complexity index is 1000. The lowest BCUT2D eigenvalue weighted by atomic mass is 10.1. The summed E-state index contributed by atoms with van der Waals surface area (Å²) in [6, 6.07) is 11.8. The highest BCUT2D eigenvalue weighted by Gasteiger charge is 2.34. The van der Waals surface area contributed by atoms with Gasteiger partial charge in [0.1, 0.15) is 0 Å². The molecule has 0 saturated carbocycles. The van der Waals surface area contributed by atoms with E-state index in [0.717, 1.165) is 5.56 Å². The summed E-state index contributed by atoms with van der Waals surface area (Å²) in [6.07, 6.45) is 3.45. The number of halogens is 3. The molecule has 1 aliphatic heterocycles. The van der Waals surface area contributed by atoms with E-state index in [1.165, 1.54) is 6.08 Å². The molecule has 1 amide bonds. The van der Waals surface area contributed by atoms with Gasteiger partial charge >= 0.3 is 0 Å². The summed E-state index contributed by atoms with van der Waals surface area (Å²) in [5.74, 6) is -0.209. The van der Waals surface area contributed by atoms with Gasteiger partial charge in [-0.3, -0.25) is 4.79 Å². The third kappa shape index (κ3) is 5.51. The highest BCUT2D eigenvalue weighted by Crippen LogP contribution is 2.24. The van der Waals surface area contributed by atoms with E-state index in [9.17, 15) is 13.2 Å². The molecule has 1 saturated heterocycles. The van der Waals surface area contributed by atoms with Crippen molar-refractivity contribution in [2.75, 3.05) is 11.5 Å². The predicted octanol–water partition coefficient (Wildman–Crippen LogP) is 4.88. The fraction of sp³-hybridized carbons (Fsp3) is 0.250. The molecule has 1 atom stereocenters. The maximum absolute atomic E-state index is 12.9. The van der Waals surface area contributed by atoms with E-state index in [1.807, 2.05) is 12.1 Å². The number of sulfone groups is 1. The summed E-state index contributed by atoms with van der Waals surface area (Å²) in [4.78, 5) is 14.5. The Kier molecular flexibility index (Phi) is 6.71. The molecule has 0 radical (unpaired) electrons. The van der Waals surface area contributed by atoms with Gasteiger partial charge in [0.2, 0.25) is 5.91 Å². The first-order valence-electron chi connectivity index (χ1n) is 8.62. The number of carbonyl (C=O) groups excluding carboxylic acids is 1. The van der Waals surface area contributed by atoms with Crippen LogP contribution in [-0.2, 0) is 21.2 Å². The van der Waals surface area contributed by atoms with Crippen LogP contribution in [0.4, 0.5) is 0 Å². The monoisotopic (exact) mass is 457 g/mol. The molecular weight excluding hydrogens is 441 g/mol. The molecule has 0 bridgehead atoms. The Labute approximate surface area is 179 Å². The van der Waals surface area contributed by atoms with Crippen molar-refractivity contribution in [3.05, 3.63) is 74.7 Å². The summed E-state index contributed by atoms with van der Waals surface area (Å²) < 4.78 is 23.8. The van der Waals surface area contributed by atoms with Crippen LogP contribution in [0, 0.1) is 0 Å². The van der Waals surface area contributed by atoms with Gasteiger partial charge in [-0.2, -0.15) is 0 Å². The Morgan fingerprint density at radius 2 is 1.75 bits per heavy atom. The summed E-state index contributed by atoms with van der Waals surface area (Å²) in [6.45, 7) is 0.300. The van der Waals surface area contributed by atoms with Gasteiger partial charge in [-0.05, 0) is 47.9 Å². The molecule has 3 rings (SSSR count). The second kappa shape index (κ2) is 8.87. The Morgan fingerprint density at radius 1 is 1.07 bits per heavy atom. The van der Waals surface area contributed by atoms with Crippen molar-refractivity contribution in [2.24, 2.45) is 0 Å². The average molecular weight is 459 g/mol. The molecule has 0 N–H and O–H groups in total. The van der Waals surface area contributed by atoms with Crippen molar-refractivity contribution in [3.8, 4) is 0 Å². The fourth-order valence-corrected chi connectivity index (χ4v) is 5.42. The van der Waals surface area contributed by atoms with E-state index in [1.54, 1.807) is 41.3 Å². The van der Waals surface area contributed by atoms with Gasteiger partial charge in [0.25, 0.3) is 0 Å². The number of hydrogen-bond acceptors (Lipinski definition) is 3. The fourth-order valence-electron chi connectivity index (χ4n) is 3.09. The second-order valence-electron chi connectivity index (χ2n) is 6.65. The van der Waals surface area contributed by atoms with Gasteiger partial charge in [0.05, 0.1) is 11.5 Å². The van der Waals surface area contributed by atoms with Crippen LogP contribution in [0.25, 0.3) is 6.08 Å². The molecule has 1 heterocycles. The van der Waals surface area contributed by atoms with Crippen LogP contribution < -0.4 is 0 Å². The van der Waals surface area contributed by atoms with Crippen LogP contribution in [0.2, 0.25) is 15.1 Å². The number of amides is 1. The van der Waals surface area contributed by atoms with Crippen molar-refractivity contribution in [1.82, 2.24) is 4.90 Å². The number of nitrogens with zero attached hydrogens (tertiary/aromatic N) is 1. The molecule has 2 aromatic rings. The number of rotatable bonds is 5. The lowest BCUT2D eigenvalue weighted by Gasteiger charge is -2.27. The topological polar surface area (TPSA) is 54.5 Å². The first kappa shape index (κ1) is 21.2. The van der Waals surface area contributed by atoms with Gasteiger partial charge in [-0.25, -0.2) is 8.42 Å². The highest BCUT2D eigenvalue weighted by atomic mass is 35.5. The van der Waals surface area contributed by atoms with Crippen molar-refractivity contribution < 1.29 is 13.2 Å². The van der Waals surface area contributed by atoms with Crippen LogP contribution in [0.15, 0.2) is 48.5 Å². The van der Waals surface area contributed by atoms with Crippen LogP contribution in [0.5, 0.6) is 0 Å². The summed E-state index contributed by atoms with van der Waals surface area (Å²) in [5.41, 5.74) is 1.53. The van der Waals surface area contributed by atoms with Crippen molar-refractivity contribution >= 4 is 56.6 Å². The maximum atomic E-state index is 12.9. The second-order valence-corrected chi connectivity index (χ2v) is 10.2. The van der Waals surface area contributed by atoms with Gasteiger partial charge in [0, 0.05) is 33.7 Å². The van der Waals surface area contributed by atoms with E-state index in [4.69, 9.17) is 34.8 Å². The van der Waals surface area contributed by atoms with Gasteiger partial charge in [-0.1, -0.05) is 53.0 Å². The van der Waals surface area contributed by atoms with Gasteiger partial charge in [-0.15, -0.1) is 0 Å². The molecule has 0 spiro atoms. The number of carbonyl (C=O) groups is 1. The normalized spacial score (nSPS) is 18.5. The summed E-state index contributed by atoms with van der Waals surface area (Å²) in [5, 5.41) is 1.54. The Balaban J connectivity index is 1.83. The molecular formula is C20H18Cl3NO3S. The standard InChI is InChI=1S/C20H18Cl3NO3S/c21-16-5-1-14(2-6-16)12-24(18-9-10-28(26,27)13-18)20(25)8-4-15-3-7-17(22)11-19(15)23/h1-8,11,18H,9-10,12-13H2. The number of benzene rings is 2. The highest BCUT2D eigenvalue weighted by molar-refractivity contribution is 7.91. The zero-order chi connectivity index (χ0) is 20.3. The average Bonchev–Trinajstić information content (AvgIpc) is 2.99. The smallest absolute Gasteiger partial charge is 0.247 e. The zero-order valence-corrected chi connectivity index (χ0v) is 17.9. The molecule has 4 nitrogen and oxygen atoms in total. The maximum Gasteiger partial charge on any atom is 0.247 e. The van der Waals surface area contributed by atoms with Crippen LogP contribution in [0.3, 0.4) is 0 Å². The Hall–Kier alpha value is -1.53. The molecule has 1 aliphatic rings. The molecule has 1 fully saturated rings. The lowest BCUT2D eigenvalue weighted by molar-refractivity contribution is -0.128. The van der Waals surface area contributed by atoms with Crippen molar-refractivity contribution in [3.63, 3.8) is 0 Å². The molecule has 0 aliphatic carbocycles. The first-order valence-corrected chi connectivity index (χ1v) is 11.6. The van der Waals surface area contributed by atoms with E-state index in [2.05, 4.69) is 0 Å². The van der Waals surface area contributed by atoms with Gasteiger partial charge in [0.15, 0.2) is 9.84 Å². The van der Waals surface area contributed by atoms with E-state index < -0.39 is 9.84 Å². The minimum absolute atomic E-state index is 0.0259.